The zero-order valence-electron chi connectivity index (χ0n) is 11.5. The molecule has 4 heteroatoms. The Kier molecular flexibility index (Phi) is 3.69. The van der Waals surface area contributed by atoms with Crippen LogP contribution in [0.1, 0.15) is 25.1 Å². The summed E-state index contributed by atoms with van der Waals surface area (Å²) in [5.41, 5.74) is 8.03. The van der Waals surface area contributed by atoms with Crippen LogP contribution in [0.25, 0.3) is 10.9 Å². The number of nitrogens with two attached hydrogens (primary N) is 1. The van der Waals surface area contributed by atoms with Crippen LogP contribution in [0.2, 0.25) is 0 Å². The van der Waals surface area contributed by atoms with E-state index in [1.807, 2.05) is 31.2 Å². The van der Waals surface area contributed by atoms with Crippen molar-refractivity contribution in [1.29, 1.82) is 5.41 Å². The first kappa shape index (κ1) is 13.3. The smallest absolute Gasteiger partial charge is 0.123 e. The minimum absolute atomic E-state index is 0.0523. The van der Waals surface area contributed by atoms with E-state index < -0.39 is 0 Å². The van der Waals surface area contributed by atoms with E-state index in [0.717, 1.165) is 22.3 Å². The second kappa shape index (κ2) is 5.26. The maximum absolute atomic E-state index is 7.66. The standard InChI is InChI=1S/C15H19N3O/c1-9(2)8-19-11-4-5-14-12(7-11)13(15(16)17)6-10(3)18-14/h4-7,9H,8H2,1-3H3,(H3,16,17). The lowest BCUT2D eigenvalue weighted by atomic mass is 10.1. The Morgan fingerprint density at radius 2 is 2.11 bits per heavy atom. The van der Waals surface area contributed by atoms with Gasteiger partial charge in [-0.1, -0.05) is 13.8 Å². The summed E-state index contributed by atoms with van der Waals surface area (Å²) in [4.78, 5) is 4.45. The molecule has 0 saturated heterocycles. The van der Waals surface area contributed by atoms with Crippen LogP contribution >= 0.6 is 0 Å². The van der Waals surface area contributed by atoms with Crippen LogP contribution in [0, 0.1) is 18.3 Å². The molecular formula is C15H19N3O. The summed E-state index contributed by atoms with van der Waals surface area (Å²) >= 11 is 0. The Bertz CT molecular complexity index is 620. The minimum atomic E-state index is 0.0523. The highest BCUT2D eigenvalue weighted by atomic mass is 16.5. The Morgan fingerprint density at radius 1 is 1.37 bits per heavy atom. The van der Waals surface area contributed by atoms with E-state index >= 15 is 0 Å². The molecular weight excluding hydrogens is 238 g/mol. The van der Waals surface area contributed by atoms with Crippen molar-refractivity contribution < 1.29 is 4.74 Å². The largest absolute Gasteiger partial charge is 0.493 e. The SMILES string of the molecule is Cc1cc(C(=N)N)c2cc(OCC(C)C)ccc2n1. The molecule has 4 nitrogen and oxygen atoms in total. The fourth-order valence-corrected chi connectivity index (χ4v) is 1.91. The van der Waals surface area contributed by atoms with Crippen LogP contribution in [-0.2, 0) is 0 Å². The third-order valence-electron chi connectivity index (χ3n) is 2.78. The average molecular weight is 257 g/mol. The molecule has 0 aliphatic carbocycles. The molecule has 100 valence electrons. The number of hydrogen-bond acceptors (Lipinski definition) is 3. The quantitative estimate of drug-likeness (QED) is 0.653. The van der Waals surface area contributed by atoms with E-state index in [0.29, 0.717) is 18.1 Å². The number of fused-ring (bicyclic) bond motifs is 1. The van der Waals surface area contributed by atoms with E-state index in [1.165, 1.54) is 0 Å². The van der Waals surface area contributed by atoms with Crippen molar-refractivity contribution in [3.05, 3.63) is 35.5 Å². The number of rotatable bonds is 4. The summed E-state index contributed by atoms with van der Waals surface area (Å²) in [5, 5.41) is 8.52. The summed E-state index contributed by atoms with van der Waals surface area (Å²) in [7, 11) is 0. The monoisotopic (exact) mass is 257 g/mol. The van der Waals surface area contributed by atoms with Gasteiger partial charge < -0.3 is 10.5 Å². The first-order valence-corrected chi connectivity index (χ1v) is 6.36. The number of amidine groups is 1. The van der Waals surface area contributed by atoms with E-state index in [-0.39, 0.29) is 5.84 Å². The van der Waals surface area contributed by atoms with Gasteiger partial charge in [0.05, 0.1) is 12.1 Å². The van der Waals surface area contributed by atoms with Crippen LogP contribution < -0.4 is 10.5 Å². The molecule has 1 aromatic heterocycles. The van der Waals surface area contributed by atoms with Gasteiger partial charge in [0.2, 0.25) is 0 Å². The molecule has 0 aliphatic heterocycles. The van der Waals surface area contributed by atoms with Crippen molar-refractivity contribution in [2.24, 2.45) is 11.7 Å². The fraction of sp³-hybridized carbons (Fsp3) is 0.333. The number of aryl methyl sites for hydroxylation is 1. The van der Waals surface area contributed by atoms with E-state index in [4.69, 9.17) is 15.9 Å². The van der Waals surface area contributed by atoms with Gasteiger partial charge in [0, 0.05) is 16.6 Å². The zero-order valence-corrected chi connectivity index (χ0v) is 11.5. The molecule has 0 spiro atoms. The predicted octanol–water partition coefficient (Wildman–Crippen LogP) is 2.86. The van der Waals surface area contributed by atoms with Crippen molar-refractivity contribution >= 4 is 16.7 Å². The van der Waals surface area contributed by atoms with Gasteiger partial charge in [-0.25, -0.2) is 0 Å². The minimum Gasteiger partial charge on any atom is -0.493 e. The Balaban J connectivity index is 2.48. The molecule has 1 aromatic carbocycles. The van der Waals surface area contributed by atoms with Gasteiger partial charge in [0.25, 0.3) is 0 Å². The van der Waals surface area contributed by atoms with E-state index in [9.17, 15) is 0 Å². The predicted molar refractivity (Wildman–Crippen MR) is 77.8 cm³/mol. The third kappa shape index (κ3) is 3.02. The maximum Gasteiger partial charge on any atom is 0.123 e. The molecule has 0 unspecified atom stereocenters. The highest BCUT2D eigenvalue weighted by molar-refractivity contribution is 6.07. The van der Waals surface area contributed by atoms with Gasteiger partial charge in [-0.3, -0.25) is 10.4 Å². The number of nitrogens with one attached hydrogen (secondary N) is 1. The molecule has 1 heterocycles. The first-order chi connectivity index (χ1) is 8.97. The molecule has 2 rings (SSSR count). The highest BCUT2D eigenvalue weighted by Gasteiger charge is 2.08. The van der Waals surface area contributed by atoms with Crippen molar-refractivity contribution in [3.8, 4) is 5.75 Å². The summed E-state index contributed by atoms with van der Waals surface area (Å²) in [6.07, 6.45) is 0. The third-order valence-corrected chi connectivity index (χ3v) is 2.78. The summed E-state index contributed by atoms with van der Waals surface area (Å²) in [5.74, 6) is 1.31. The lowest BCUT2D eigenvalue weighted by molar-refractivity contribution is 0.271. The van der Waals surface area contributed by atoms with E-state index in [2.05, 4.69) is 18.8 Å². The number of pyridine rings is 1. The number of ether oxygens (including phenoxy) is 1. The topological polar surface area (TPSA) is 72.0 Å². The summed E-state index contributed by atoms with van der Waals surface area (Å²) < 4.78 is 5.70. The van der Waals surface area contributed by atoms with Gasteiger partial charge in [-0.15, -0.1) is 0 Å². The number of nitrogens with zero attached hydrogens (tertiary/aromatic N) is 1. The normalized spacial score (nSPS) is 10.9. The Labute approximate surface area is 113 Å². The average Bonchev–Trinajstić information content (AvgIpc) is 2.35. The molecule has 0 bridgehead atoms. The second-order valence-corrected chi connectivity index (χ2v) is 5.11. The molecule has 0 saturated carbocycles. The fourth-order valence-electron chi connectivity index (χ4n) is 1.91. The number of aromatic nitrogens is 1. The molecule has 19 heavy (non-hydrogen) atoms. The van der Waals surface area contributed by atoms with Crippen LogP contribution in [-0.4, -0.2) is 17.4 Å². The number of nitrogen functional groups attached to an aromatic ring is 1. The maximum atomic E-state index is 7.66. The van der Waals surface area contributed by atoms with Crippen molar-refractivity contribution in [2.45, 2.75) is 20.8 Å². The number of benzene rings is 1. The summed E-state index contributed by atoms with van der Waals surface area (Å²) in [6, 6.07) is 7.54. The van der Waals surface area contributed by atoms with Crippen molar-refractivity contribution in [1.82, 2.24) is 4.98 Å². The van der Waals surface area contributed by atoms with Crippen LogP contribution in [0.15, 0.2) is 24.3 Å². The second-order valence-electron chi connectivity index (χ2n) is 5.11. The van der Waals surface area contributed by atoms with Gasteiger partial charge >= 0.3 is 0 Å². The van der Waals surface area contributed by atoms with Gasteiger partial charge in [0.1, 0.15) is 11.6 Å². The van der Waals surface area contributed by atoms with Gasteiger partial charge in [-0.2, -0.15) is 0 Å². The van der Waals surface area contributed by atoms with Crippen LogP contribution in [0.3, 0.4) is 0 Å². The lowest BCUT2D eigenvalue weighted by Gasteiger charge is -2.11. The molecule has 0 amide bonds. The zero-order chi connectivity index (χ0) is 14.0. The van der Waals surface area contributed by atoms with Crippen LogP contribution in [0.4, 0.5) is 0 Å². The molecule has 2 aromatic rings. The lowest BCUT2D eigenvalue weighted by Crippen LogP contribution is -2.12. The van der Waals surface area contributed by atoms with E-state index in [1.54, 1.807) is 0 Å². The molecule has 3 N–H and O–H groups in total. The summed E-state index contributed by atoms with van der Waals surface area (Å²) in [6.45, 7) is 6.77. The Hall–Kier alpha value is -2.10. The molecule has 0 radical (unpaired) electrons. The first-order valence-electron chi connectivity index (χ1n) is 6.36. The molecule has 0 fully saturated rings. The number of hydrogen-bond donors (Lipinski definition) is 2. The Morgan fingerprint density at radius 3 is 2.74 bits per heavy atom. The van der Waals surface area contributed by atoms with Crippen molar-refractivity contribution in [2.75, 3.05) is 6.61 Å². The molecule has 0 atom stereocenters. The van der Waals surface area contributed by atoms with Gasteiger partial charge in [-0.05, 0) is 37.1 Å². The highest BCUT2D eigenvalue weighted by Crippen LogP contribution is 2.24. The van der Waals surface area contributed by atoms with Crippen molar-refractivity contribution in [3.63, 3.8) is 0 Å². The van der Waals surface area contributed by atoms with Gasteiger partial charge in [0.15, 0.2) is 0 Å². The molecule has 0 aliphatic rings. The van der Waals surface area contributed by atoms with Crippen LogP contribution in [0.5, 0.6) is 5.75 Å².